The van der Waals surface area contributed by atoms with Crippen LogP contribution in [0.3, 0.4) is 0 Å². The summed E-state index contributed by atoms with van der Waals surface area (Å²) in [6.07, 6.45) is 7.44. The van der Waals surface area contributed by atoms with Crippen LogP contribution in [-0.2, 0) is 9.57 Å². The summed E-state index contributed by atoms with van der Waals surface area (Å²) in [4.78, 5) is 32.4. The second kappa shape index (κ2) is 18.5. The lowest BCUT2D eigenvalue weighted by Gasteiger charge is -2.20. The highest BCUT2D eigenvalue weighted by Gasteiger charge is 2.22. The van der Waals surface area contributed by atoms with Gasteiger partial charge < -0.3 is 18.9 Å². The van der Waals surface area contributed by atoms with E-state index < -0.39 is 6.09 Å². The van der Waals surface area contributed by atoms with Crippen LogP contribution in [0.5, 0.6) is 5.75 Å². The minimum Gasteiger partial charge on any atom is -0.488 e. The highest BCUT2D eigenvalue weighted by atomic mass is 16.7. The molecule has 10 heteroatoms. The Kier molecular flexibility index (Phi) is 14.2. The van der Waals surface area contributed by atoms with E-state index in [0.717, 1.165) is 89.9 Å². The number of non-ortho nitro benzene ring substituents is 1. The van der Waals surface area contributed by atoms with Crippen molar-refractivity contribution in [3.8, 4) is 5.75 Å². The first-order valence-corrected chi connectivity index (χ1v) is 18.2. The number of carbonyl (C=O) groups is 1. The number of unbranched alkanes of at least 4 members (excludes halogenated alkanes) is 4. The highest BCUT2D eigenvalue weighted by molar-refractivity contribution is 6.17. The van der Waals surface area contributed by atoms with Crippen molar-refractivity contribution in [1.82, 2.24) is 9.47 Å². The molecule has 4 rings (SSSR count). The number of aryl methyl sites for hydroxylation is 1. The zero-order valence-corrected chi connectivity index (χ0v) is 30.9. The van der Waals surface area contributed by atoms with Crippen LogP contribution >= 0.6 is 0 Å². The van der Waals surface area contributed by atoms with E-state index in [-0.39, 0.29) is 22.8 Å². The molecule has 0 saturated carbocycles. The van der Waals surface area contributed by atoms with E-state index in [0.29, 0.717) is 31.2 Å². The molecular weight excluding hydrogens is 632 g/mol. The maximum atomic E-state index is 13.4. The normalized spacial score (nSPS) is 13.1. The summed E-state index contributed by atoms with van der Waals surface area (Å²) in [5, 5.41) is 18.1. The zero-order chi connectivity index (χ0) is 36.2. The summed E-state index contributed by atoms with van der Waals surface area (Å²) in [6.45, 7) is 14.2. The number of benzene rings is 3. The predicted octanol–water partition coefficient (Wildman–Crippen LogP) is 10.4. The third kappa shape index (κ3) is 9.41. The Morgan fingerprint density at radius 3 is 2.18 bits per heavy atom. The number of hydrogen-bond donors (Lipinski definition) is 0. The number of nitro groups is 1. The van der Waals surface area contributed by atoms with Gasteiger partial charge in [-0.3, -0.25) is 15.0 Å². The average Bonchev–Trinajstić information content (AvgIpc) is 3.42. The number of oxime groups is 1. The first kappa shape index (κ1) is 38.4. The van der Waals surface area contributed by atoms with Crippen LogP contribution in [-0.4, -0.2) is 59.1 Å². The number of hydrogen-bond acceptors (Lipinski definition) is 7. The van der Waals surface area contributed by atoms with Gasteiger partial charge in [0.15, 0.2) is 0 Å². The van der Waals surface area contributed by atoms with Gasteiger partial charge in [0, 0.05) is 71.3 Å². The largest absolute Gasteiger partial charge is 0.488 e. The molecule has 0 N–H and O–H groups in total. The van der Waals surface area contributed by atoms with Gasteiger partial charge in [0.25, 0.3) is 5.69 Å². The molecule has 0 aliphatic rings. The number of aromatic nitrogens is 1. The van der Waals surface area contributed by atoms with Crippen LogP contribution < -0.4 is 4.74 Å². The van der Waals surface area contributed by atoms with Gasteiger partial charge in [0.1, 0.15) is 17.6 Å². The molecule has 0 bridgehead atoms. The number of carbonyl (C=O) groups excluding carboxylic acids is 1. The van der Waals surface area contributed by atoms with E-state index in [2.05, 4.69) is 43.5 Å². The Labute approximate surface area is 296 Å². The maximum absolute atomic E-state index is 13.4. The summed E-state index contributed by atoms with van der Waals surface area (Å²) in [5.74, 6) is 0.695. The van der Waals surface area contributed by atoms with Gasteiger partial charge in [-0.1, -0.05) is 64.1 Å². The Balaban J connectivity index is 1.87. The molecule has 3 aromatic carbocycles. The summed E-state index contributed by atoms with van der Waals surface area (Å²) in [6, 6.07) is 17.1. The molecule has 0 spiro atoms. The van der Waals surface area contributed by atoms with Crippen LogP contribution in [0.15, 0.2) is 59.8 Å². The van der Waals surface area contributed by atoms with E-state index in [9.17, 15) is 14.9 Å². The van der Waals surface area contributed by atoms with Crippen LogP contribution in [0.4, 0.5) is 10.5 Å². The number of nitro benzene ring substituents is 1. The molecule has 0 fully saturated rings. The van der Waals surface area contributed by atoms with Crippen molar-refractivity contribution in [2.45, 2.75) is 105 Å². The van der Waals surface area contributed by atoms with Crippen LogP contribution in [0.2, 0.25) is 0 Å². The highest BCUT2D eigenvalue weighted by Crippen LogP contribution is 2.36. The third-order valence-electron chi connectivity index (χ3n) is 9.16. The maximum Gasteiger partial charge on any atom is 0.435 e. The average molecular weight is 687 g/mol. The van der Waals surface area contributed by atoms with Crippen molar-refractivity contribution in [3.63, 3.8) is 0 Å². The summed E-state index contributed by atoms with van der Waals surface area (Å²) in [7, 11) is 1.64. The lowest BCUT2D eigenvalue weighted by Crippen LogP contribution is -2.32. The van der Waals surface area contributed by atoms with Gasteiger partial charge in [0.2, 0.25) is 0 Å². The van der Waals surface area contributed by atoms with Crippen molar-refractivity contribution in [2.24, 2.45) is 5.16 Å². The molecule has 270 valence electrons. The number of methoxy groups -OCH3 is 1. The van der Waals surface area contributed by atoms with Gasteiger partial charge in [-0.25, -0.2) is 4.79 Å². The number of nitrogens with zero attached hydrogens (tertiary/aromatic N) is 4. The second-order valence-electron chi connectivity index (χ2n) is 13.3. The lowest BCUT2D eigenvalue weighted by molar-refractivity contribution is -0.384. The molecule has 1 heterocycles. The quantitative estimate of drug-likeness (QED) is 0.0319. The summed E-state index contributed by atoms with van der Waals surface area (Å²) >= 11 is 0. The van der Waals surface area contributed by atoms with Gasteiger partial charge in [-0.2, -0.15) is 0 Å². The van der Waals surface area contributed by atoms with E-state index in [1.807, 2.05) is 50.2 Å². The first-order valence-electron chi connectivity index (χ1n) is 18.2. The fourth-order valence-electron chi connectivity index (χ4n) is 6.46. The van der Waals surface area contributed by atoms with E-state index in [4.69, 9.17) is 14.3 Å². The van der Waals surface area contributed by atoms with Crippen LogP contribution in [0.1, 0.15) is 109 Å². The van der Waals surface area contributed by atoms with Crippen LogP contribution in [0.25, 0.3) is 21.8 Å². The lowest BCUT2D eigenvalue weighted by atomic mass is 9.96. The summed E-state index contributed by atoms with van der Waals surface area (Å²) in [5.41, 5.74) is 4.86. The number of rotatable bonds is 19. The molecule has 0 radical (unpaired) electrons. The molecule has 2 atom stereocenters. The smallest absolute Gasteiger partial charge is 0.435 e. The Hall–Kier alpha value is -4.44. The fraction of sp³-hybridized carbons (Fsp3) is 0.500. The molecule has 50 heavy (non-hydrogen) atoms. The van der Waals surface area contributed by atoms with Crippen molar-refractivity contribution >= 4 is 39.3 Å². The Bertz CT molecular complexity index is 1770. The van der Waals surface area contributed by atoms with Crippen molar-refractivity contribution < 1.29 is 24.0 Å². The van der Waals surface area contributed by atoms with Gasteiger partial charge >= 0.3 is 6.09 Å². The number of amides is 1. The molecule has 4 aromatic rings. The van der Waals surface area contributed by atoms with E-state index >= 15 is 0 Å². The summed E-state index contributed by atoms with van der Waals surface area (Å²) < 4.78 is 13.6. The SMILES string of the molecule is CCCCCC(C)n1c2ccc(C(=NOC(=O)N(CCCC)CCCC)c3ccc(OC(C)COC)cc3C)cc2c2cc([N+](=O)[O-])ccc21. The standard InChI is InChI=1S/C40H54N4O6/c1-8-11-14-15-29(5)43-37-20-16-31(25-35(37)36-26-32(44(46)47)17-21-38(36)43)39(41-50-40(45)42(22-12-9-2)23-13-10-3)34-19-18-33(24-28(34)4)49-30(6)27-48-7/h16-21,24-26,29-30H,8-15,22-23,27H2,1-7H3. The fourth-order valence-corrected chi connectivity index (χ4v) is 6.46. The molecule has 0 aliphatic carbocycles. The third-order valence-corrected chi connectivity index (χ3v) is 9.16. The molecule has 1 amide bonds. The monoisotopic (exact) mass is 686 g/mol. The molecular formula is C40H54N4O6. The first-order chi connectivity index (χ1) is 24.1. The zero-order valence-electron chi connectivity index (χ0n) is 30.9. The molecule has 10 nitrogen and oxygen atoms in total. The second-order valence-corrected chi connectivity index (χ2v) is 13.3. The number of ether oxygens (including phenoxy) is 2. The topological polar surface area (TPSA) is 108 Å². The van der Waals surface area contributed by atoms with Gasteiger partial charge in [-0.15, -0.1) is 0 Å². The van der Waals surface area contributed by atoms with Crippen molar-refractivity contribution in [2.75, 3.05) is 26.8 Å². The molecule has 0 saturated heterocycles. The van der Waals surface area contributed by atoms with Gasteiger partial charge in [-0.05, 0) is 82.0 Å². The van der Waals surface area contributed by atoms with E-state index in [1.54, 1.807) is 24.1 Å². The molecule has 1 aromatic heterocycles. The predicted molar refractivity (Wildman–Crippen MR) is 202 cm³/mol. The minimum absolute atomic E-state index is 0.0387. The minimum atomic E-state index is -0.482. The van der Waals surface area contributed by atoms with Crippen molar-refractivity contribution in [3.05, 3.63) is 81.4 Å². The Morgan fingerprint density at radius 1 is 0.900 bits per heavy atom. The Morgan fingerprint density at radius 2 is 1.56 bits per heavy atom. The van der Waals surface area contributed by atoms with Gasteiger partial charge in [0.05, 0.1) is 11.5 Å². The number of fused-ring (bicyclic) bond motifs is 3. The molecule has 0 aliphatic heterocycles. The molecule has 2 unspecified atom stereocenters. The van der Waals surface area contributed by atoms with E-state index in [1.165, 1.54) is 0 Å². The van der Waals surface area contributed by atoms with Crippen LogP contribution in [0, 0.1) is 17.0 Å². The van der Waals surface area contributed by atoms with Crippen molar-refractivity contribution in [1.29, 1.82) is 0 Å².